The molecule has 1 aromatic carbocycles. The van der Waals surface area contributed by atoms with Gasteiger partial charge in [0.1, 0.15) is 0 Å². The SMILES string of the molecule is COc1cc(C(C)NC(=O)C2C3CCC(C3)C2N)ccc1OCC(C)C. The summed E-state index contributed by atoms with van der Waals surface area (Å²) in [5, 5.41) is 3.16. The monoisotopic (exact) mass is 360 g/mol. The highest BCUT2D eigenvalue weighted by atomic mass is 16.5. The molecule has 0 saturated heterocycles. The van der Waals surface area contributed by atoms with Crippen LogP contribution >= 0.6 is 0 Å². The van der Waals surface area contributed by atoms with Crippen molar-refractivity contribution in [2.75, 3.05) is 13.7 Å². The molecule has 26 heavy (non-hydrogen) atoms. The largest absolute Gasteiger partial charge is 0.493 e. The summed E-state index contributed by atoms with van der Waals surface area (Å²) in [4.78, 5) is 12.8. The highest BCUT2D eigenvalue weighted by Crippen LogP contribution is 2.47. The number of nitrogens with one attached hydrogen (secondary N) is 1. The number of fused-ring (bicyclic) bond motifs is 2. The molecule has 5 atom stereocenters. The van der Waals surface area contributed by atoms with Gasteiger partial charge in [-0.15, -0.1) is 0 Å². The number of nitrogens with two attached hydrogens (primary N) is 1. The topological polar surface area (TPSA) is 73.6 Å². The van der Waals surface area contributed by atoms with Gasteiger partial charge in [0.2, 0.25) is 5.91 Å². The van der Waals surface area contributed by atoms with Crippen LogP contribution in [-0.4, -0.2) is 25.7 Å². The molecule has 0 radical (unpaired) electrons. The maximum Gasteiger partial charge on any atom is 0.225 e. The van der Waals surface area contributed by atoms with Crippen LogP contribution in [0.15, 0.2) is 18.2 Å². The average Bonchev–Trinajstić information content (AvgIpc) is 3.20. The first kappa shape index (κ1) is 19.0. The van der Waals surface area contributed by atoms with Crippen molar-refractivity contribution in [1.29, 1.82) is 0 Å². The molecule has 2 aliphatic rings. The molecule has 0 aliphatic heterocycles. The maximum absolute atomic E-state index is 12.8. The van der Waals surface area contributed by atoms with Gasteiger partial charge in [0, 0.05) is 6.04 Å². The van der Waals surface area contributed by atoms with Gasteiger partial charge in [-0.2, -0.15) is 0 Å². The Morgan fingerprint density at radius 3 is 2.58 bits per heavy atom. The lowest BCUT2D eigenvalue weighted by Gasteiger charge is -2.28. The van der Waals surface area contributed by atoms with E-state index in [1.807, 2.05) is 25.1 Å². The van der Waals surface area contributed by atoms with Crippen molar-refractivity contribution in [2.45, 2.75) is 52.1 Å². The van der Waals surface area contributed by atoms with Gasteiger partial charge in [0.05, 0.1) is 25.7 Å². The number of hydrogen-bond donors (Lipinski definition) is 2. The van der Waals surface area contributed by atoms with Crippen LogP contribution in [0.1, 0.15) is 51.6 Å². The molecule has 144 valence electrons. The molecule has 0 heterocycles. The van der Waals surface area contributed by atoms with E-state index in [2.05, 4.69) is 19.2 Å². The third-order valence-corrected chi connectivity index (χ3v) is 5.90. The van der Waals surface area contributed by atoms with Gasteiger partial charge in [-0.3, -0.25) is 4.79 Å². The number of rotatable bonds is 7. The van der Waals surface area contributed by atoms with Crippen molar-refractivity contribution in [1.82, 2.24) is 5.32 Å². The summed E-state index contributed by atoms with van der Waals surface area (Å²) in [6.45, 7) is 6.86. The molecule has 0 spiro atoms. The van der Waals surface area contributed by atoms with Crippen molar-refractivity contribution >= 4 is 5.91 Å². The Balaban J connectivity index is 1.65. The fraction of sp³-hybridized carbons (Fsp3) is 0.667. The van der Waals surface area contributed by atoms with E-state index in [4.69, 9.17) is 15.2 Å². The van der Waals surface area contributed by atoms with Gasteiger partial charge in [-0.1, -0.05) is 19.9 Å². The Bertz CT molecular complexity index is 644. The summed E-state index contributed by atoms with van der Waals surface area (Å²) in [6.07, 6.45) is 3.43. The number of ether oxygens (including phenoxy) is 2. The zero-order chi connectivity index (χ0) is 18.8. The molecular weight excluding hydrogens is 328 g/mol. The molecule has 2 bridgehead atoms. The van der Waals surface area contributed by atoms with Crippen molar-refractivity contribution in [3.8, 4) is 11.5 Å². The standard InChI is InChI=1S/C21H32N2O3/c1-12(2)11-26-17-8-7-14(10-18(17)25-4)13(3)23-21(24)19-15-5-6-16(9-15)20(19)22/h7-8,10,12-13,15-16,19-20H,5-6,9,11,22H2,1-4H3,(H,23,24). The van der Waals surface area contributed by atoms with Crippen molar-refractivity contribution in [3.05, 3.63) is 23.8 Å². The van der Waals surface area contributed by atoms with E-state index in [1.165, 1.54) is 6.42 Å². The minimum Gasteiger partial charge on any atom is -0.493 e. The summed E-state index contributed by atoms with van der Waals surface area (Å²) in [7, 11) is 1.64. The van der Waals surface area contributed by atoms with Crippen LogP contribution < -0.4 is 20.5 Å². The molecule has 5 nitrogen and oxygen atoms in total. The van der Waals surface area contributed by atoms with Crippen LogP contribution in [0, 0.1) is 23.7 Å². The van der Waals surface area contributed by atoms with Gasteiger partial charge in [-0.05, 0) is 61.6 Å². The zero-order valence-corrected chi connectivity index (χ0v) is 16.3. The first-order valence-corrected chi connectivity index (χ1v) is 9.77. The highest BCUT2D eigenvalue weighted by Gasteiger charge is 2.49. The van der Waals surface area contributed by atoms with E-state index >= 15 is 0 Å². The Labute approximate surface area is 156 Å². The molecule has 1 aromatic rings. The molecule has 3 N–H and O–H groups in total. The fourth-order valence-corrected chi connectivity index (χ4v) is 4.45. The summed E-state index contributed by atoms with van der Waals surface area (Å²) in [5.74, 6) is 2.93. The first-order chi connectivity index (χ1) is 12.4. The lowest BCUT2D eigenvalue weighted by Crippen LogP contribution is -2.45. The van der Waals surface area contributed by atoms with E-state index in [-0.39, 0.29) is 23.9 Å². The molecule has 2 fully saturated rings. The normalized spacial score (nSPS) is 28.2. The molecule has 3 rings (SSSR count). The van der Waals surface area contributed by atoms with Gasteiger partial charge >= 0.3 is 0 Å². The lowest BCUT2D eigenvalue weighted by atomic mass is 9.84. The third kappa shape index (κ3) is 3.83. The molecule has 0 aromatic heterocycles. The summed E-state index contributed by atoms with van der Waals surface area (Å²) in [5.41, 5.74) is 7.31. The smallest absolute Gasteiger partial charge is 0.225 e. The Morgan fingerprint density at radius 1 is 1.23 bits per heavy atom. The van der Waals surface area contributed by atoms with Gasteiger partial charge in [0.15, 0.2) is 11.5 Å². The second kappa shape index (κ2) is 7.87. The number of hydrogen-bond acceptors (Lipinski definition) is 4. The Kier molecular flexibility index (Phi) is 5.76. The van der Waals surface area contributed by atoms with Crippen molar-refractivity contribution in [2.24, 2.45) is 29.4 Å². The van der Waals surface area contributed by atoms with E-state index in [1.54, 1.807) is 7.11 Å². The summed E-state index contributed by atoms with van der Waals surface area (Å²) in [6, 6.07) is 5.78. The van der Waals surface area contributed by atoms with Crippen LogP contribution in [0.5, 0.6) is 11.5 Å². The maximum atomic E-state index is 12.8. The number of amides is 1. The van der Waals surface area contributed by atoms with Gasteiger partial charge in [-0.25, -0.2) is 0 Å². The molecule has 2 saturated carbocycles. The van der Waals surface area contributed by atoms with E-state index in [0.29, 0.717) is 30.1 Å². The predicted molar refractivity (Wildman–Crippen MR) is 102 cm³/mol. The second-order valence-electron chi connectivity index (χ2n) is 8.28. The van der Waals surface area contributed by atoms with E-state index < -0.39 is 0 Å². The molecule has 5 unspecified atom stereocenters. The van der Waals surface area contributed by atoms with E-state index in [9.17, 15) is 4.79 Å². The number of benzene rings is 1. The lowest BCUT2D eigenvalue weighted by molar-refractivity contribution is -0.127. The zero-order valence-electron chi connectivity index (χ0n) is 16.3. The van der Waals surface area contributed by atoms with Crippen molar-refractivity contribution in [3.63, 3.8) is 0 Å². The van der Waals surface area contributed by atoms with Crippen molar-refractivity contribution < 1.29 is 14.3 Å². The highest BCUT2D eigenvalue weighted by molar-refractivity contribution is 5.81. The van der Waals surface area contributed by atoms with Crippen LogP contribution in [0.2, 0.25) is 0 Å². The average molecular weight is 360 g/mol. The van der Waals surface area contributed by atoms with Crippen LogP contribution in [-0.2, 0) is 4.79 Å². The number of methoxy groups -OCH3 is 1. The summed E-state index contributed by atoms with van der Waals surface area (Å²) >= 11 is 0. The predicted octanol–water partition coefficient (Wildman–Crippen LogP) is 3.28. The molecular formula is C21H32N2O3. The molecule has 2 aliphatic carbocycles. The Hall–Kier alpha value is -1.75. The number of carbonyl (C=O) groups is 1. The number of carbonyl (C=O) groups excluding carboxylic acids is 1. The van der Waals surface area contributed by atoms with Crippen LogP contribution in [0.3, 0.4) is 0 Å². The van der Waals surface area contributed by atoms with Gasteiger partial charge < -0.3 is 20.5 Å². The van der Waals surface area contributed by atoms with Crippen LogP contribution in [0.4, 0.5) is 0 Å². The second-order valence-corrected chi connectivity index (χ2v) is 8.28. The summed E-state index contributed by atoms with van der Waals surface area (Å²) < 4.78 is 11.3. The van der Waals surface area contributed by atoms with Crippen LogP contribution in [0.25, 0.3) is 0 Å². The molecule has 1 amide bonds. The van der Waals surface area contributed by atoms with E-state index in [0.717, 1.165) is 24.2 Å². The quantitative estimate of drug-likeness (QED) is 0.783. The third-order valence-electron chi connectivity index (χ3n) is 5.90. The van der Waals surface area contributed by atoms with Gasteiger partial charge in [0.25, 0.3) is 0 Å². The fourth-order valence-electron chi connectivity index (χ4n) is 4.45. The Morgan fingerprint density at radius 2 is 1.96 bits per heavy atom. The minimum atomic E-state index is -0.0955. The minimum absolute atomic E-state index is 0.0160. The molecule has 5 heteroatoms. The first-order valence-electron chi connectivity index (χ1n) is 9.77.